The summed E-state index contributed by atoms with van der Waals surface area (Å²) in [6.45, 7) is 2.08. The van der Waals surface area contributed by atoms with E-state index in [9.17, 15) is 9.18 Å². The summed E-state index contributed by atoms with van der Waals surface area (Å²) in [6, 6.07) is 4.18. The third-order valence-corrected chi connectivity index (χ3v) is 3.22. The normalized spacial score (nSPS) is 9.75. The molecule has 0 fully saturated rings. The minimum atomic E-state index is -0.625. The average Bonchev–Trinajstić information content (AvgIpc) is 2.81. The molecule has 0 saturated heterocycles. The number of carbonyl (C=O) groups excluding carboxylic acids is 1. The van der Waals surface area contributed by atoms with E-state index < -0.39 is 11.7 Å². The smallest absolute Gasteiger partial charge is 0.260 e. The fraction of sp³-hybridized carbons (Fsp3) is 0.143. The Labute approximate surface area is 119 Å². The molecule has 0 spiro atoms. The fourth-order valence-corrected chi connectivity index (χ4v) is 2.17. The number of aromatic nitrogens is 1. The SMILES string of the molecule is Cc1cnc(NC(=O)c2ccc(C#CCN)cc2F)s1. The van der Waals surface area contributed by atoms with Crippen molar-refractivity contribution in [2.24, 2.45) is 5.73 Å². The molecule has 0 unspecified atom stereocenters. The quantitative estimate of drug-likeness (QED) is 0.832. The Morgan fingerprint density at radius 3 is 2.95 bits per heavy atom. The largest absolute Gasteiger partial charge is 0.320 e. The molecule has 2 rings (SSSR count). The molecule has 20 heavy (non-hydrogen) atoms. The lowest BCUT2D eigenvalue weighted by Crippen LogP contribution is -2.13. The molecule has 0 aliphatic rings. The number of benzene rings is 1. The van der Waals surface area contributed by atoms with Gasteiger partial charge in [0, 0.05) is 16.6 Å². The van der Waals surface area contributed by atoms with Gasteiger partial charge in [-0.15, -0.1) is 11.3 Å². The number of hydrogen-bond acceptors (Lipinski definition) is 4. The van der Waals surface area contributed by atoms with Gasteiger partial charge in [0.2, 0.25) is 0 Å². The summed E-state index contributed by atoms with van der Waals surface area (Å²) in [6.07, 6.45) is 1.64. The standard InChI is InChI=1S/C14H12FN3OS/c1-9-8-17-14(20-9)18-13(19)11-5-4-10(3-2-6-16)7-12(11)15/h4-5,7-8H,6,16H2,1H3,(H,17,18,19). The highest BCUT2D eigenvalue weighted by molar-refractivity contribution is 7.15. The predicted molar refractivity (Wildman–Crippen MR) is 77.1 cm³/mol. The third-order valence-electron chi connectivity index (χ3n) is 2.39. The highest BCUT2D eigenvalue weighted by Crippen LogP contribution is 2.18. The fourth-order valence-electron chi connectivity index (χ4n) is 1.51. The second-order valence-electron chi connectivity index (χ2n) is 3.93. The van der Waals surface area contributed by atoms with Crippen LogP contribution in [0, 0.1) is 24.6 Å². The van der Waals surface area contributed by atoms with Gasteiger partial charge in [0.15, 0.2) is 5.13 Å². The van der Waals surface area contributed by atoms with E-state index in [1.807, 2.05) is 6.92 Å². The molecule has 0 aliphatic heterocycles. The summed E-state index contributed by atoms with van der Waals surface area (Å²) < 4.78 is 13.9. The Morgan fingerprint density at radius 1 is 1.55 bits per heavy atom. The number of aryl methyl sites for hydroxylation is 1. The molecule has 1 aromatic carbocycles. The van der Waals surface area contributed by atoms with Crippen LogP contribution in [0.2, 0.25) is 0 Å². The number of halogens is 1. The number of nitrogens with zero attached hydrogens (tertiary/aromatic N) is 1. The van der Waals surface area contributed by atoms with Crippen molar-refractivity contribution in [1.29, 1.82) is 0 Å². The first-order valence-corrected chi connectivity index (χ1v) is 6.64. The van der Waals surface area contributed by atoms with Crippen LogP contribution in [0.5, 0.6) is 0 Å². The topological polar surface area (TPSA) is 68.0 Å². The number of nitrogens with one attached hydrogen (secondary N) is 1. The van der Waals surface area contributed by atoms with Gasteiger partial charge in [-0.3, -0.25) is 10.1 Å². The lowest BCUT2D eigenvalue weighted by molar-refractivity contribution is 0.102. The number of hydrogen-bond donors (Lipinski definition) is 2. The van der Waals surface area contributed by atoms with Gasteiger partial charge >= 0.3 is 0 Å². The molecule has 3 N–H and O–H groups in total. The highest BCUT2D eigenvalue weighted by atomic mass is 32.1. The first kappa shape index (κ1) is 14.2. The van der Waals surface area contributed by atoms with Crippen LogP contribution in [0.1, 0.15) is 20.8 Å². The summed E-state index contributed by atoms with van der Waals surface area (Å²) in [5.41, 5.74) is 5.68. The summed E-state index contributed by atoms with van der Waals surface area (Å²) in [4.78, 5) is 16.9. The van der Waals surface area contributed by atoms with E-state index >= 15 is 0 Å². The Hall–Kier alpha value is -2.23. The van der Waals surface area contributed by atoms with Gasteiger partial charge in [0.1, 0.15) is 5.82 Å². The van der Waals surface area contributed by atoms with Crippen molar-refractivity contribution in [3.63, 3.8) is 0 Å². The van der Waals surface area contributed by atoms with Crippen LogP contribution in [0.4, 0.5) is 9.52 Å². The van der Waals surface area contributed by atoms with Crippen LogP contribution in [-0.4, -0.2) is 17.4 Å². The molecule has 0 radical (unpaired) electrons. The van der Waals surface area contributed by atoms with Crippen molar-refractivity contribution >= 4 is 22.4 Å². The number of nitrogens with two attached hydrogens (primary N) is 1. The Bertz CT molecular complexity index is 700. The minimum absolute atomic E-state index is 0.0452. The van der Waals surface area contributed by atoms with E-state index in [4.69, 9.17) is 5.73 Å². The number of carbonyl (C=O) groups is 1. The molecule has 0 aliphatic carbocycles. The second kappa shape index (κ2) is 6.28. The Balaban J connectivity index is 2.18. The van der Waals surface area contributed by atoms with Crippen molar-refractivity contribution in [1.82, 2.24) is 4.98 Å². The van der Waals surface area contributed by atoms with E-state index in [1.165, 1.54) is 23.5 Å². The van der Waals surface area contributed by atoms with Crippen LogP contribution in [0.25, 0.3) is 0 Å². The Morgan fingerprint density at radius 2 is 2.35 bits per heavy atom. The molecule has 102 valence electrons. The monoisotopic (exact) mass is 289 g/mol. The van der Waals surface area contributed by atoms with Gasteiger partial charge in [-0.1, -0.05) is 11.8 Å². The zero-order chi connectivity index (χ0) is 14.5. The van der Waals surface area contributed by atoms with Crippen molar-refractivity contribution in [3.8, 4) is 11.8 Å². The van der Waals surface area contributed by atoms with Crippen LogP contribution >= 0.6 is 11.3 Å². The van der Waals surface area contributed by atoms with Crippen molar-refractivity contribution < 1.29 is 9.18 Å². The van der Waals surface area contributed by atoms with E-state index in [0.717, 1.165) is 4.88 Å². The average molecular weight is 289 g/mol. The first-order valence-electron chi connectivity index (χ1n) is 5.82. The lowest BCUT2D eigenvalue weighted by atomic mass is 10.1. The molecule has 6 heteroatoms. The van der Waals surface area contributed by atoms with Crippen molar-refractivity contribution in [2.75, 3.05) is 11.9 Å². The van der Waals surface area contributed by atoms with Crippen LogP contribution in [-0.2, 0) is 0 Å². The van der Waals surface area contributed by atoms with Gasteiger partial charge in [-0.2, -0.15) is 0 Å². The summed E-state index contributed by atoms with van der Waals surface area (Å²) >= 11 is 1.33. The lowest BCUT2D eigenvalue weighted by Gasteiger charge is -2.03. The molecular weight excluding hydrogens is 277 g/mol. The van der Waals surface area contributed by atoms with Crippen molar-refractivity contribution in [2.45, 2.75) is 6.92 Å². The Kier molecular flexibility index (Phi) is 4.45. The van der Waals surface area contributed by atoms with Gasteiger partial charge in [-0.05, 0) is 25.1 Å². The van der Waals surface area contributed by atoms with Crippen molar-refractivity contribution in [3.05, 3.63) is 46.2 Å². The third kappa shape index (κ3) is 3.41. The molecule has 0 saturated carbocycles. The first-order chi connectivity index (χ1) is 9.60. The van der Waals surface area contributed by atoms with Gasteiger partial charge in [0.25, 0.3) is 5.91 Å². The summed E-state index contributed by atoms with van der Waals surface area (Å²) in [5, 5.41) is 3.00. The maximum absolute atomic E-state index is 13.9. The minimum Gasteiger partial charge on any atom is -0.320 e. The molecule has 1 amide bonds. The summed E-state index contributed by atoms with van der Waals surface area (Å²) in [7, 11) is 0. The number of anilines is 1. The molecule has 1 aromatic heterocycles. The van der Waals surface area contributed by atoms with Gasteiger partial charge in [0.05, 0.1) is 12.1 Å². The molecular formula is C14H12FN3OS. The zero-order valence-electron chi connectivity index (χ0n) is 10.7. The number of amides is 1. The van der Waals surface area contributed by atoms with Crippen LogP contribution < -0.4 is 11.1 Å². The molecule has 0 atom stereocenters. The van der Waals surface area contributed by atoms with E-state index in [2.05, 4.69) is 22.1 Å². The van der Waals surface area contributed by atoms with Crippen LogP contribution in [0.3, 0.4) is 0 Å². The predicted octanol–water partition coefficient (Wildman–Crippen LogP) is 2.15. The second-order valence-corrected chi connectivity index (χ2v) is 5.17. The zero-order valence-corrected chi connectivity index (χ0v) is 11.6. The number of rotatable bonds is 2. The maximum Gasteiger partial charge on any atom is 0.260 e. The van der Waals surface area contributed by atoms with Gasteiger partial charge < -0.3 is 5.73 Å². The van der Waals surface area contributed by atoms with E-state index in [-0.39, 0.29) is 12.1 Å². The molecule has 4 nitrogen and oxygen atoms in total. The van der Waals surface area contributed by atoms with Gasteiger partial charge in [-0.25, -0.2) is 9.37 Å². The summed E-state index contributed by atoms with van der Waals surface area (Å²) in [5.74, 6) is 4.17. The van der Waals surface area contributed by atoms with E-state index in [0.29, 0.717) is 10.7 Å². The highest BCUT2D eigenvalue weighted by Gasteiger charge is 2.13. The molecule has 2 aromatic rings. The van der Waals surface area contributed by atoms with Crippen LogP contribution in [0.15, 0.2) is 24.4 Å². The number of thiazole rings is 1. The van der Waals surface area contributed by atoms with E-state index in [1.54, 1.807) is 12.3 Å². The molecule has 0 bridgehead atoms. The molecule has 1 heterocycles. The maximum atomic E-state index is 13.9.